The van der Waals surface area contributed by atoms with Crippen molar-refractivity contribution in [1.29, 1.82) is 0 Å². The number of primary amides is 1. The Balaban J connectivity index is -0.000000597. The molecule has 0 spiro atoms. The van der Waals surface area contributed by atoms with Crippen molar-refractivity contribution >= 4 is 29.8 Å². The topological polar surface area (TPSA) is 386 Å². The summed E-state index contributed by atoms with van der Waals surface area (Å²) < 4.78 is 21.5. The zero-order valence-corrected chi connectivity index (χ0v) is 28.4. The van der Waals surface area contributed by atoms with Crippen molar-refractivity contribution in [3.63, 3.8) is 0 Å². The quantitative estimate of drug-likeness (QED) is 0.0967. The first-order chi connectivity index (χ1) is 23.2. The second-order valence-electron chi connectivity index (χ2n) is 10.4. The summed E-state index contributed by atoms with van der Waals surface area (Å²) in [6, 6.07) is 3.29. The molecule has 0 saturated carbocycles. The monoisotopic (exact) mass is 747 g/mol. The highest BCUT2D eigenvalue weighted by molar-refractivity contribution is 5.92. The highest BCUT2D eigenvalue weighted by atomic mass is 16.7. The molecule has 3 saturated heterocycles. The van der Waals surface area contributed by atoms with E-state index in [2.05, 4.69) is 9.47 Å². The molecule has 1 aromatic rings. The highest BCUT2D eigenvalue weighted by Crippen LogP contribution is 2.24. The van der Waals surface area contributed by atoms with Crippen LogP contribution >= 0.6 is 0 Å². The number of aliphatic carboxylic acids is 3. The Bertz CT molecular complexity index is 1130. The van der Waals surface area contributed by atoms with Gasteiger partial charge in [0.05, 0.1) is 44.6 Å². The summed E-state index contributed by atoms with van der Waals surface area (Å²) in [6.45, 7) is 3.78. The van der Waals surface area contributed by atoms with Gasteiger partial charge in [-0.2, -0.15) is 4.57 Å². The Labute approximate surface area is 292 Å². The Morgan fingerprint density at radius 1 is 0.745 bits per heavy atom. The summed E-state index contributed by atoms with van der Waals surface area (Å²) in [4.78, 5) is 48.5. The van der Waals surface area contributed by atoms with E-state index in [1.54, 1.807) is 29.1 Å². The largest absolute Gasteiger partial charge is 0.481 e. The van der Waals surface area contributed by atoms with E-state index in [1.165, 1.54) is 6.92 Å². The standard InChI is InChI=1S/C11H14N2O4.C7H12O5.C5H10O4.3C2H4O2.H2O/c12-11(16)7-2-1-3-13(5-7)10-4-8(15)9(6-14)17-10;1-4(9)11-7-2-5(10)6(3-8)12-7;6-2-4-3(7)1-5(8)9-4;3*1-2(3)4;/h1-3,5,8-10,14-15H,4,6H2,(H-,12,16);5-8,10H,2-3H2,1H3;3-8H,1-2H2;3*1H3,(H,3,4);1H2/p+1. The van der Waals surface area contributed by atoms with E-state index in [1.807, 2.05) is 0 Å². The van der Waals surface area contributed by atoms with E-state index < -0.39 is 79.0 Å². The lowest BCUT2D eigenvalue weighted by Gasteiger charge is -2.11. The molecular formula is C29H51N2O20+. The maximum absolute atomic E-state index is 11.0. The molecule has 51 heavy (non-hydrogen) atoms. The van der Waals surface area contributed by atoms with Gasteiger partial charge in [-0.3, -0.25) is 24.0 Å². The fourth-order valence-corrected chi connectivity index (χ4v) is 3.87. The summed E-state index contributed by atoms with van der Waals surface area (Å²) in [7, 11) is 0. The van der Waals surface area contributed by atoms with Crippen LogP contribution < -0.4 is 10.3 Å². The van der Waals surface area contributed by atoms with Crippen LogP contribution in [0.3, 0.4) is 0 Å². The minimum atomic E-state index is -0.905. The van der Waals surface area contributed by atoms with Crippen LogP contribution in [-0.4, -0.2) is 155 Å². The first kappa shape index (κ1) is 51.4. The number of carboxylic acids is 3. The lowest BCUT2D eigenvalue weighted by Crippen LogP contribution is -2.40. The number of nitrogens with zero attached hydrogens (tertiary/aromatic N) is 1. The Morgan fingerprint density at radius 3 is 1.49 bits per heavy atom. The fourth-order valence-electron chi connectivity index (χ4n) is 3.87. The van der Waals surface area contributed by atoms with Crippen molar-refractivity contribution in [2.24, 2.45) is 5.73 Å². The lowest BCUT2D eigenvalue weighted by atomic mass is 10.2. The van der Waals surface area contributed by atoms with Crippen LogP contribution in [0.1, 0.15) is 63.5 Å². The van der Waals surface area contributed by atoms with Gasteiger partial charge >= 0.3 is 5.97 Å². The van der Waals surface area contributed by atoms with Crippen molar-refractivity contribution in [3.05, 3.63) is 30.1 Å². The molecular weight excluding hydrogens is 696 g/mol. The zero-order chi connectivity index (χ0) is 39.1. The first-order valence-electron chi connectivity index (χ1n) is 14.8. The van der Waals surface area contributed by atoms with Crippen LogP contribution in [0.4, 0.5) is 0 Å². The second kappa shape index (κ2) is 27.7. The number of hydrogen-bond donors (Lipinski definition) is 11. The number of pyridine rings is 1. The number of carbonyl (C=O) groups is 5. The molecule has 0 aliphatic carbocycles. The third kappa shape index (κ3) is 24.8. The van der Waals surface area contributed by atoms with E-state index >= 15 is 0 Å². The number of hydrogen-bond acceptors (Lipinski definition) is 16. The minimum absolute atomic E-state index is 0. The van der Waals surface area contributed by atoms with Gasteiger partial charge in [-0.05, 0) is 6.07 Å². The molecule has 22 heteroatoms. The van der Waals surface area contributed by atoms with Gasteiger partial charge in [0, 0.05) is 46.6 Å². The summed E-state index contributed by atoms with van der Waals surface area (Å²) in [6.07, 6.45) is -1.89. The molecule has 0 radical (unpaired) electrons. The molecule has 3 aliphatic rings. The summed E-state index contributed by atoms with van der Waals surface area (Å²) in [5, 5.41) is 84.8. The van der Waals surface area contributed by atoms with Gasteiger partial charge in [-0.15, -0.1) is 0 Å². The van der Waals surface area contributed by atoms with Gasteiger partial charge in [-0.25, -0.2) is 0 Å². The smallest absolute Gasteiger partial charge is 0.304 e. The summed E-state index contributed by atoms with van der Waals surface area (Å²) in [5.41, 5.74) is 5.55. The molecule has 1 amide bonds. The average Bonchev–Trinajstić information content (AvgIpc) is 3.66. The molecule has 296 valence electrons. The SMILES string of the molecule is CC(=O)O.CC(=O)O.CC(=O)O.CC(=O)OC1CC(O)C(CO)O1.NC(=O)c1ccc[n+](C2CC(O)C(CO)O2)c1.O.OCC1OC(O)CC1O. The Hall–Kier alpha value is -3.94. The number of carbonyl (C=O) groups excluding carboxylic acids is 2. The fraction of sp³-hybridized carbons (Fsp3) is 0.655. The number of amides is 1. The van der Waals surface area contributed by atoms with Crippen LogP contribution in [0.25, 0.3) is 0 Å². The maximum Gasteiger partial charge on any atom is 0.304 e. The number of nitrogens with two attached hydrogens (primary N) is 1. The van der Waals surface area contributed by atoms with Crippen molar-refractivity contribution in [3.8, 4) is 0 Å². The zero-order valence-electron chi connectivity index (χ0n) is 28.4. The number of ether oxygens (including phenoxy) is 4. The predicted octanol–water partition coefficient (Wildman–Crippen LogP) is -4.37. The molecule has 1 aromatic heterocycles. The van der Waals surface area contributed by atoms with Gasteiger partial charge in [0.25, 0.3) is 30.0 Å². The number of aliphatic hydroxyl groups is 7. The van der Waals surface area contributed by atoms with E-state index in [0.29, 0.717) is 12.0 Å². The molecule has 0 aromatic carbocycles. The van der Waals surface area contributed by atoms with Crippen molar-refractivity contribution in [1.82, 2.24) is 0 Å². The highest BCUT2D eigenvalue weighted by Gasteiger charge is 2.39. The number of carboxylic acid groups (broad SMARTS) is 3. The molecule has 22 nitrogen and oxygen atoms in total. The molecule has 0 bridgehead atoms. The predicted molar refractivity (Wildman–Crippen MR) is 167 cm³/mol. The van der Waals surface area contributed by atoms with E-state index in [-0.39, 0.29) is 44.4 Å². The Morgan fingerprint density at radius 2 is 1.16 bits per heavy atom. The minimum Gasteiger partial charge on any atom is -0.481 e. The number of aromatic nitrogens is 1. The second-order valence-corrected chi connectivity index (χ2v) is 10.4. The Kier molecular flexibility index (Phi) is 28.0. The molecule has 9 unspecified atom stereocenters. The van der Waals surface area contributed by atoms with Crippen LogP contribution in [0.15, 0.2) is 24.5 Å². The van der Waals surface area contributed by atoms with Crippen LogP contribution in [0, 0.1) is 0 Å². The van der Waals surface area contributed by atoms with E-state index in [4.69, 9.17) is 70.4 Å². The van der Waals surface area contributed by atoms with Crippen LogP contribution in [-0.2, 0) is 38.1 Å². The van der Waals surface area contributed by atoms with E-state index in [0.717, 1.165) is 20.8 Å². The number of aliphatic hydroxyl groups excluding tert-OH is 7. The molecule has 3 aliphatic heterocycles. The van der Waals surface area contributed by atoms with E-state index in [9.17, 15) is 19.8 Å². The average molecular weight is 748 g/mol. The first-order valence-corrected chi connectivity index (χ1v) is 14.8. The summed E-state index contributed by atoms with van der Waals surface area (Å²) in [5.74, 6) is -3.47. The van der Waals surface area contributed by atoms with Crippen molar-refractivity contribution < 1.29 is 104 Å². The van der Waals surface area contributed by atoms with Gasteiger partial charge in [0.2, 0.25) is 6.29 Å². The number of esters is 1. The van der Waals surface area contributed by atoms with Gasteiger partial charge in [0.1, 0.15) is 23.9 Å². The van der Waals surface area contributed by atoms with Crippen molar-refractivity contribution in [2.45, 2.75) is 102 Å². The lowest BCUT2D eigenvalue weighted by molar-refractivity contribution is -0.759. The van der Waals surface area contributed by atoms with Crippen LogP contribution in [0.2, 0.25) is 0 Å². The molecule has 4 heterocycles. The molecule has 14 N–H and O–H groups in total. The third-order valence-electron chi connectivity index (χ3n) is 5.87. The third-order valence-corrected chi connectivity index (χ3v) is 5.87. The van der Waals surface area contributed by atoms with Gasteiger partial charge in [0.15, 0.2) is 18.7 Å². The maximum atomic E-state index is 11.0. The molecule has 9 atom stereocenters. The molecule has 4 rings (SSSR count). The van der Waals surface area contributed by atoms with Crippen LogP contribution in [0.5, 0.6) is 0 Å². The number of rotatable bonds is 6. The van der Waals surface area contributed by atoms with Gasteiger partial charge < -0.3 is 81.2 Å². The van der Waals surface area contributed by atoms with Crippen molar-refractivity contribution in [2.75, 3.05) is 19.8 Å². The van der Waals surface area contributed by atoms with Gasteiger partial charge in [-0.1, -0.05) is 0 Å². The summed E-state index contributed by atoms with van der Waals surface area (Å²) >= 11 is 0. The molecule has 3 fully saturated rings. The normalized spacial score (nSPS) is 26.8.